The van der Waals surface area contributed by atoms with Gasteiger partial charge in [0.05, 0.1) is 11.6 Å². The maximum absolute atomic E-state index is 9.00. The van der Waals surface area contributed by atoms with E-state index in [1.54, 1.807) is 12.1 Å². The Morgan fingerprint density at radius 1 is 0.593 bits per heavy atom. The van der Waals surface area contributed by atoms with Crippen molar-refractivity contribution in [3.05, 3.63) is 89.4 Å². The summed E-state index contributed by atoms with van der Waals surface area (Å²) in [5, 5.41) is 9.66. The normalized spacial score (nSPS) is 10.4. The number of aromatic nitrogens is 3. The van der Waals surface area contributed by atoms with Gasteiger partial charge in [0.15, 0.2) is 17.5 Å². The minimum atomic E-state index is 0.554. The van der Waals surface area contributed by atoms with Crippen LogP contribution in [0, 0.1) is 11.3 Å². The van der Waals surface area contributed by atoms with E-state index in [1.807, 2.05) is 66.7 Å². The van der Waals surface area contributed by atoms with Crippen molar-refractivity contribution in [2.75, 3.05) is 0 Å². The maximum atomic E-state index is 9.00. The molecule has 4 rings (SSSR count). The lowest BCUT2D eigenvalue weighted by atomic mass is 10.1. The first kappa shape index (κ1) is 16.9. The number of benzene rings is 3. The molecule has 0 saturated carbocycles. The summed E-state index contributed by atoms with van der Waals surface area (Å²) in [6, 6.07) is 26.5. The zero-order valence-corrected chi connectivity index (χ0v) is 14.9. The molecule has 0 fully saturated rings. The fourth-order valence-electron chi connectivity index (χ4n) is 2.64. The van der Waals surface area contributed by atoms with Crippen LogP contribution in [-0.4, -0.2) is 15.0 Å². The van der Waals surface area contributed by atoms with E-state index in [1.165, 1.54) is 0 Å². The van der Waals surface area contributed by atoms with Crippen LogP contribution in [0.5, 0.6) is 0 Å². The predicted octanol–water partition coefficient (Wildman–Crippen LogP) is 5.40. The molecular formula is C22H13ClN4. The number of hydrogen-bond donors (Lipinski definition) is 0. The zero-order chi connectivity index (χ0) is 18.6. The molecule has 1 heterocycles. The van der Waals surface area contributed by atoms with Crippen molar-refractivity contribution in [1.82, 2.24) is 15.0 Å². The van der Waals surface area contributed by atoms with E-state index in [9.17, 15) is 0 Å². The molecular weight excluding hydrogens is 356 g/mol. The molecule has 0 saturated heterocycles. The van der Waals surface area contributed by atoms with Crippen LogP contribution in [0.15, 0.2) is 78.9 Å². The molecule has 0 amide bonds. The topological polar surface area (TPSA) is 62.5 Å². The van der Waals surface area contributed by atoms with Crippen LogP contribution in [0.4, 0.5) is 0 Å². The van der Waals surface area contributed by atoms with Gasteiger partial charge in [-0.25, -0.2) is 15.0 Å². The molecule has 0 radical (unpaired) electrons. The Bertz CT molecular complexity index is 1120. The first-order valence-electron chi connectivity index (χ1n) is 8.31. The first-order valence-corrected chi connectivity index (χ1v) is 8.69. The second-order valence-corrected chi connectivity index (χ2v) is 6.30. The summed E-state index contributed by atoms with van der Waals surface area (Å²) in [5.74, 6) is 1.72. The summed E-state index contributed by atoms with van der Waals surface area (Å²) in [5.41, 5.74) is 3.18. The van der Waals surface area contributed by atoms with Crippen molar-refractivity contribution >= 4 is 11.6 Å². The molecule has 27 heavy (non-hydrogen) atoms. The molecule has 0 spiro atoms. The van der Waals surface area contributed by atoms with Crippen molar-refractivity contribution in [2.24, 2.45) is 0 Å². The van der Waals surface area contributed by atoms with Gasteiger partial charge in [0.2, 0.25) is 0 Å². The minimum Gasteiger partial charge on any atom is -0.208 e. The van der Waals surface area contributed by atoms with Gasteiger partial charge in [-0.15, -0.1) is 0 Å². The predicted molar refractivity (Wildman–Crippen MR) is 106 cm³/mol. The van der Waals surface area contributed by atoms with Gasteiger partial charge < -0.3 is 0 Å². The molecule has 0 bridgehead atoms. The molecule has 0 N–H and O–H groups in total. The van der Waals surface area contributed by atoms with Crippen LogP contribution >= 0.6 is 11.6 Å². The van der Waals surface area contributed by atoms with Crippen LogP contribution in [0.1, 0.15) is 5.56 Å². The second kappa shape index (κ2) is 7.36. The quantitative estimate of drug-likeness (QED) is 0.486. The smallest absolute Gasteiger partial charge is 0.164 e. The van der Waals surface area contributed by atoms with Gasteiger partial charge >= 0.3 is 0 Å². The fraction of sp³-hybridized carbons (Fsp3) is 0. The molecule has 0 aliphatic heterocycles. The Morgan fingerprint density at radius 2 is 1.04 bits per heavy atom. The summed E-state index contributed by atoms with van der Waals surface area (Å²) in [6.07, 6.45) is 0. The molecule has 0 unspecified atom stereocenters. The SMILES string of the molecule is N#Cc1ccc(-c2nc(-c3ccccc3)nc(-c3ccc(Cl)cc3)n2)cc1. The van der Waals surface area contributed by atoms with Gasteiger partial charge in [-0.05, 0) is 48.5 Å². The van der Waals surface area contributed by atoms with E-state index in [0.29, 0.717) is 28.1 Å². The van der Waals surface area contributed by atoms with Gasteiger partial charge in [0.1, 0.15) is 0 Å². The number of hydrogen-bond acceptors (Lipinski definition) is 4. The number of rotatable bonds is 3. The third kappa shape index (κ3) is 3.69. The highest BCUT2D eigenvalue weighted by Crippen LogP contribution is 2.25. The lowest BCUT2D eigenvalue weighted by molar-refractivity contribution is 1.07. The summed E-state index contributed by atoms with van der Waals surface area (Å²) < 4.78 is 0. The average Bonchev–Trinajstić information content (AvgIpc) is 2.74. The summed E-state index contributed by atoms with van der Waals surface area (Å²) in [6.45, 7) is 0. The fourth-order valence-corrected chi connectivity index (χ4v) is 2.77. The summed E-state index contributed by atoms with van der Waals surface area (Å²) >= 11 is 6.00. The van der Waals surface area contributed by atoms with E-state index < -0.39 is 0 Å². The standard InChI is InChI=1S/C22H13ClN4/c23-19-12-10-18(11-13-19)22-26-20(16-4-2-1-3-5-16)25-21(27-22)17-8-6-15(14-24)7-9-17/h1-13H. The van der Waals surface area contributed by atoms with Crippen molar-refractivity contribution in [3.63, 3.8) is 0 Å². The number of nitrogens with zero attached hydrogens (tertiary/aromatic N) is 4. The van der Waals surface area contributed by atoms with Crippen molar-refractivity contribution in [3.8, 4) is 40.2 Å². The largest absolute Gasteiger partial charge is 0.208 e. The van der Waals surface area contributed by atoms with Crippen LogP contribution in [0.3, 0.4) is 0 Å². The van der Waals surface area contributed by atoms with E-state index in [2.05, 4.69) is 21.0 Å². The highest BCUT2D eigenvalue weighted by molar-refractivity contribution is 6.30. The lowest BCUT2D eigenvalue weighted by Gasteiger charge is -2.08. The van der Waals surface area contributed by atoms with Crippen LogP contribution in [0.25, 0.3) is 34.2 Å². The third-order valence-corrected chi connectivity index (χ3v) is 4.29. The molecule has 4 nitrogen and oxygen atoms in total. The molecule has 3 aromatic carbocycles. The van der Waals surface area contributed by atoms with Crippen molar-refractivity contribution < 1.29 is 0 Å². The van der Waals surface area contributed by atoms with Crippen LogP contribution in [-0.2, 0) is 0 Å². The molecule has 5 heteroatoms. The monoisotopic (exact) mass is 368 g/mol. The zero-order valence-electron chi connectivity index (χ0n) is 14.2. The molecule has 128 valence electrons. The van der Waals surface area contributed by atoms with Gasteiger partial charge in [-0.1, -0.05) is 41.9 Å². The Kier molecular flexibility index (Phi) is 4.61. The third-order valence-electron chi connectivity index (χ3n) is 4.04. The van der Waals surface area contributed by atoms with Crippen LogP contribution < -0.4 is 0 Å². The number of halogens is 1. The van der Waals surface area contributed by atoms with Gasteiger partial charge in [-0.2, -0.15) is 5.26 Å². The lowest BCUT2D eigenvalue weighted by Crippen LogP contribution is -2.00. The van der Waals surface area contributed by atoms with Gasteiger partial charge in [0.25, 0.3) is 0 Å². The van der Waals surface area contributed by atoms with Crippen LogP contribution in [0.2, 0.25) is 5.02 Å². The van der Waals surface area contributed by atoms with E-state index in [-0.39, 0.29) is 0 Å². The Balaban J connectivity index is 1.88. The van der Waals surface area contributed by atoms with Crippen molar-refractivity contribution in [1.29, 1.82) is 5.26 Å². The highest BCUT2D eigenvalue weighted by atomic mass is 35.5. The molecule has 0 aliphatic rings. The second-order valence-electron chi connectivity index (χ2n) is 5.87. The summed E-state index contributed by atoms with van der Waals surface area (Å²) in [7, 11) is 0. The Morgan fingerprint density at radius 3 is 1.52 bits per heavy atom. The number of nitriles is 1. The minimum absolute atomic E-state index is 0.554. The Hall–Kier alpha value is -3.55. The molecule has 4 aromatic rings. The Labute approximate surface area is 161 Å². The van der Waals surface area contributed by atoms with Gasteiger partial charge in [0, 0.05) is 21.7 Å². The average molecular weight is 369 g/mol. The van der Waals surface area contributed by atoms with E-state index in [4.69, 9.17) is 16.9 Å². The summed E-state index contributed by atoms with van der Waals surface area (Å²) in [4.78, 5) is 13.9. The van der Waals surface area contributed by atoms with E-state index in [0.717, 1.165) is 16.7 Å². The van der Waals surface area contributed by atoms with E-state index >= 15 is 0 Å². The molecule has 0 atom stereocenters. The van der Waals surface area contributed by atoms with Crippen molar-refractivity contribution in [2.45, 2.75) is 0 Å². The van der Waals surface area contributed by atoms with Gasteiger partial charge in [-0.3, -0.25) is 0 Å². The highest BCUT2D eigenvalue weighted by Gasteiger charge is 2.12. The maximum Gasteiger partial charge on any atom is 0.164 e. The first-order chi connectivity index (χ1) is 13.2. The molecule has 0 aliphatic carbocycles. The molecule has 1 aromatic heterocycles.